The number of aromatic hydroxyl groups is 2. The number of nitrogens with zero attached hydrogens (tertiary/aromatic N) is 5. The number of ketones is 1. The molecular formula is C55H76N6O13. The van der Waals surface area contributed by atoms with Crippen LogP contribution in [-0.2, 0) is 28.5 Å². The molecule has 74 heavy (non-hydrogen) atoms. The van der Waals surface area contributed by atoms with Crippen LogP contribution in [-0.4, -0.2) is 161 Å². The summed E-state index contributed by atoms with van der Waals surface area (Å²) < 4.78 is 30.4. The van der Waals surface area contributed by atoms with Crippen LogP contribution in [0.4, 0.5) is 10.5 Å². The fourth-order valence-corrected chi connectivity index (χ4v) is 11.5. The lowest BCUT2D eigenvalue weighted by molar-refractivity contribution is -0.140. The lowest BCUT2D eigenvalue weighted by Gasteiger charge is -2.40. The maximum atomic E-state index is 15.0. The number of nitrogens with one attached hydrogen (secondary N) is 1. The Morgan fingerprint density at radius 1 is 0.878 bits per heavy atom. The van der Waals surface area contributed by atoms with Crippen molar-refractivity contribution in [3.8, 4) is 17.2 Å². The van der Waals surface area contributed by atoms with Crippen LogP contribution in [0.3, 0.4) is 0 Å². The number of carbonyl (C=O) groups excluding carboxylic acids is 4. The van der Waals surface area contributed by atoms with Gasteiger partial charge < -0.3 is 64.1 Å². The van der Waals surface area contributed by atoms with Crippen LogP contribution in [0, 0.1) is 42.4 Å². The van der Waals surface area contributed by atoms with Crippen LogP contribution >= 0.6 is 0 Å². The molecule has 9 rings (SSSR count). The van der Waals surface area contributed by atoms with E-state index in [4.69, 9.17) is 28.7 Å². The number of phenols is 2. The van der Waals surface area contributed by atoms with E-state index in [2.05, 4.69) is 29.1 Å². The molecule has 0 aliphatic carbocycles. The number of methoxy groups -OCH3 is 1. The summed E-state index contributed by atoms with van der Waals surface area (Å²) in [7, 11) is 1.47. The highest BCUT2D eigenvalue weighted by atomic mass is 16.7. The Morgan fingerprint density at radius 3 is 2.19 bits per heavy atom. The number of hydrogen-bond acceptors (Lipinski definition) is 16. The molecule has 5 N–H and O–H groups in total. The third-order valence-electron chi connectivity index (χ3n) is 16.3. The van der Waals surface area contributed by atoms with Crippen molar-refractivity contribution in [2.45, 2.75) is 124 Å². The highest BCUT2D eigenvalue weighted by molar-refractivity contribution is 6.21. The van der Waals surface area contributed by atoms with Crippen molar-refractivity contribution in [3.05, 3.63) is 58.0 Å². The molecule has 0 radical (unpaired) electrons. The van der Waals surface area contributed by atoms with Crippen molar-refractivity contribution in [2.75, 3.05) is 71.5 Å². The second-order valence-electron chi connectivity index (χ2n) is 22.0. The lowest BCUT2D eigenvalue weighted by atomic mass is 9.78. The van der Waals surface area contributed by atoms with E-state index in [1.54, 1.807) is 75.6 Å². The van der Waals surface area contributed by atoms with Gasteiger partial charge >= 0.3 is 11.9 Å². The summed E-state index contributed by atoms with van der Waals surface area (Å²) in [6.07, 6.45) is 5.38. The SMILES string of the molecule is CO[C@H]1/C=C/O[C@@]2(C)Oc3c(C)c(O)c4c(O)c(c5c(c4c3C2=O)NC2(CCN(CC(C)C)CC2)N=5)=NC(=O)/C(C)=C\C=C\[C@H](C)[C@H](O)[C@@H](C)[C@@H](O)[C@@H](C)[C@H](OC(=O)N2CCN(C(=O)C3CCOCC3)CC2)[C@@H]1C. The van der Waals surface area contributed by atoms with Gasteiger partial charge in [-0.3, -0.25) is 19.4 Å². The van der Waals surface area contributed by atoms with Crippen molar-refractivity contribution in [2.24, 2.45) is 45.5 Å². The van der Waals surface area contributed by atoms with Gasteiger partial charge in [0.15, 0.2) is 5.75 Å². The third-order valence-corrected chi connectivity index (χ3v) is 16.3. The molecule has 19 nitrogen and oxygen atoms in total. The molecule has 19 heteroatoms. The highest BCUT2D eigenvalue weighted by Crippen LogP contribution is 2.51. The zero-order valence-corrected chi connectivity index (χ0v) is 44.6. The first-order chi connectivity index (χ1) is 35.1. The molecular weight excluding hydrogens is 953 g/mol. The predicted octanol–water partition coefficient (Wildman–Crippen LogP) is 4.89. The fourth-order valence-electron chi connectivity index (χ4n) is 11.5. The Balaban J connectivity index is 1.17. The maximum Gasteiger partial charge on any atom is 0.410 e. The number of Topliss-reactive ketones (excluding diaryl/α,β-unsaturated/α-hetero) is 1. The summed E-state index contributed by atoms with van der Waals surface area (Å²) in [5.41, 5.74) is -0.201. The number of benzene rings is 2. The summed E-state index contributed by atoms with van der Waals surface area (Å²) in [6.45, 7) is 20.5. The molecule has 0 saturated carbocycles. The van der Waals surface area contributed by atoms with Gasteiger partial charge in [-0.1, -0.05) is 59.8 Å². The molecule has 5 bridgehead atoms. The molecule has 7 heterocycles. The van der Waals surface area contributed by atoms with Gasteiger partial charge in [-0.2, -0.15) is 0 Å². The van der Waals surface area contributed by atoms with Gasteiger partial charge in [-0.25, -0.2) is 9.79 Å². The van der Waals surface area contributed by atoms with Crippen molar-refractivity contribution in [3.63, 3.8) is 0 Å². The molecule has 7 aliphatic heterocycles. The van der Waals surface area contributed by atoms with Gasteiger partial charge in [0.25, 0.3) is 11.7 Å². The number of aliphatic hydroxyl groups excluding tert-OH is 2. The smallest absolute Gasteiger partial charge is 0.410 e. The minimum atomic E-state index is -2.00. The van der Waals surface area contributed by atoms with Crippen LogP contribution in [0.15, 0.2) is 46.1 Å². The zero-order chi connectivity index (χ0) is 53.6. The molecule has 3 saturated heterocycles. The molecule has 3 fully saturated rings. The third kappa shape index (κ3) is 10.5. The number of fused-ring (bicyclic) bond motifs is 13. The van der Waals surface area contributed by atoms with Gasteiger partial charge in [0.05, 0.1) is 41.2 Å². The number of likely N-dealkylation sites (tertiary alicyclic amines) is 1. The minimum Gasteiger partial charge on any atom is -0.507 e. The summed E-state index contributed by atoms with van der Waals surface area (Å²) in [5.74, 6) is -6.53. The molecule has 7 aliphatic rings. The molecule has 0 unspecified atom stereocenters. The molecule has 3 amide bonds. The van der Waals surface area contributed by atoms with Gasteiger partial charge in [-0.05, 0) is 38.7 Å². The Kier molecular flexibility index (Phi) is 16.2. The Bertz CT molecular complexity index is 2720. The number of ether oxygens (including phenoxy) is 5. The minimum absolute atomic E-state index is 0.0361. The number of piperazine rings is 1. The van der Waals surface area contributed by atoms with E-state index in [-0.39, 0.29) is 74.6 Å². The molecule has 9 atom stereocenters. The molecule has 2 aromatic rings. The number of anilines is 1. The van der Waals surface area contributed by atoms with Crippen molar-refractivity contribution in [1.29, 1.82) is 0 Å². The topological polar surface area (TPSA) is 242 Å². The second kappa shape index (κ2) is 21.9. The fraction of sp³-hybridized carbons (Fsp3) is 0.636. The molecule has 0 aromatic heterocycles. The van der Waals surface area contributed by atoms with E-state index in [1.807, 2.05) is 0 Å². The van der Waals surface area contributed by atoms with E-state index in [9.17, 15) is 39.6 Å². The number of amides is 3. The van der Waals surface area contributed by atoms with E-state index in [1.165, 1.54) is 20.3 Å². The van der Waals surface area contributed by atoms with Gasteiger partial charge in [-0.15, -0.1) is 0 Å². The Labute approximate surface area is 432 Å². The van der Waals surface area contributed by atoms with Crippen molar-refractivity contribution in [1.82, 2.24) is 14.7 Å². The monoisotopic (exact) mass is 1030 g/mol. The number of phenolic OH excluding ortho intramolecular Hbond substituents is 2. The first-order valence-corrected chi connectivity index (χ1v) is 26.3. The Morgan fingerprint density at radius 2 is 1.54 bits per heavy atom. The normalized spacial score (nSPS) is 31.8. The first kappa shape index (κ1) is 54.7. The number of hydrogen-bond donors (Lipinski definition) is 5. The number of carbonyl (C=O) groups is 4. The highest BCUT2D eigenvalue weighted by Gasteiger charge is 2.51. The summed E-state index contributed by atoms with van der Waals surface area (Å²) in [6, 6.07) is 0. The van der Waals surface area contributed by atoms with Gasteiger partial charge in [0.2, 0.25) is 5.91 Å². The average Bonchev–Trinajstić information content (AvgIpc) is 3.89. The van der Waals surface area contributed by atoms with Gasteiger partial charge in [0, 0.05) is 132 Å². The number of aliphatic hydroxyl groups is 2. The zero-order valence-electron chi connectivity index (χ0n) is 44.6. The van der Waals surface area contributed by atoms with Crippen LogP contribution in [0.1, 0.15) is 97.0 Å². The van der Waals surface area contributed by atoms with Crippen LogP contribution in [0.5, 0.6) is 17.2 Å². The number of allylic oxidation sites excluding steroid dienone is 2. The maximum absolute atomic E-state index is 15.0. The Hall–Kier alpha value is -5.60. The van der Waals surface area contributed by atoms with Crippen LogP contribution in [0.25, 0.3) is 10.8 Å². The quantitative estimate of drug-likeness (QED) is 0.251. The van der Waals surface area contributed by atoms with E-state index < -0.39 is 83.1 Å². The van der Waals surface area contributed by atoms with E-state index >= 15 is 0 Å². The lowest BCUT2D eigenvalue weighted by Crippen LogP contribution is -2.54. The number of rotatable bonds is 5. The largest absolute Gasteiger partial charge is 0.507 e. The van der Waals surface area contributed by atoms with E-state index in [0.717, 1.165) is 6.54 Å². The second-order valence-corrected chi connectivity index (χ2v) is 22.0. The van der Waals surface area contributed by atoms with Crippen LogP contribution < -0.4 is 20.8 Å². The van der Waals surface area contributed by atoms with E-state index in [0.29, 0.717) is 76.7 Å². The van der Waals surface area contributed by atoms with Gasteiger partial charge in [0.1, 0.15) is 34.0 Å². The standard InChI is InChI=1S/C55H76N6O13/c1-29(2)28-59-19-17-55(18-20-59)57-41-38-39-46(64)35(8)49-40(38)50(66)54(9,74-49)72-27-16-37(70-10)32(5)48(73-53(69)61-23-21-60(22-24-61)52(68)36-14-25-71-26-15-36)34(7)45(63)33(6)44(62)30(3)12-11-13-31(4)51(67)56-43(47(39)65)42(41)58-55/h11-13,16,27,29-30,32-34,36-37,44-45,48,57,62-65H,14-15,17-26,28H2,1-10H3/b12-11+,27-16+,31-13-,56-43?/t30-,32+,33+,34+,37-,44-,45+,48+,54-/m0/s1. The average molecular weight is 1030 g/mol. The molecule has 2 aromatic carbocycles. The van der Waals surface area contributed by atoms with Crippen molar-refractivity contribution >= 4 is 40.2 Å². The van der Waals surface area contributed by atoms with Crippen molar-refractivity contribution < 1.29 is 63.3 Å². The summed E-state index contributed by atoms with van der Waals surface area (Å²) in [5, 5.41) is 51.6. The van der Waals surface area contributed by atoms with Crippen LogP contribution in [0.2, 0.25) is 0 Å². The molecule has 404 valence electrons. The molecule has 1 spiro atoms. The summed E-state index contributed by atoms with van der Waals surface area (Å²) >= 11 is 0. The first-order valence-electron chi connectivity index (χ1n) is 26.3. The predicted molar refractivity (Wildman–Crippen MR) is 274 cm³/mol. The summed E-state index contributed by atoms with van der Waals surface area (Å²) in [4.78, 5) is 71.8. The number of piperidine rings is 1.